The van der Waals surface area contributed by atoms with Crippen molar-refractivity contribution >= 4 is 118 Å². The average Bonchev–Trinajstić information content (AvgIpc) is 1.59. The first-order chi connectivity index (χ1) is 44.8. The highest BCUT2D eigenvalue weighted by atomic mass is 35.5. The van der Waals surface area contributed by atoms with E-state index in [0.29, 0.717) is 14.9 Å². The molecule has 10 atom stereocenters. The number of fused-ring (bicyclic) bond motifs is 1. The molecule has 512 valence electrons. The number of hydrogen-bond acceptors (Lipinski definition) is 24. The third-order valence-corrected chi connectivity index (χ3v) is 19.3. The number of phosphoric ester groups is 1. The quantitative estimate of drug-likeness (QED) is 0.0153. The molecular formula is C65H74Cl2N3O22PS2. The number of hydrogen-bond donors (Lipinski definition) is 1. The van der Waals surface area contributed by atoms with Crippen molar-refractivity contribution in [2.75, 3.05) is 33.5 Å². The number of aliphatic hydroxyl groups is 1. The summed E-state index contributed by atoms with van der Waals surface area (Å²) in [6.07, 6.45) is -0.975. The van der Waals surface area contributed by atoms with Gasteiger partial charge in [-0.3, -0.25) is 52.8 Å². The number of halogens is 2. The van der Waals surface area contributed by atoms with Crippen LogP contribution < -0.4 is 9.05 Å². The molecule has 1 N–H and O–H groups in total. The Balaban J connectivity index is 0.000000228. The minimum atomic E-state index is -4.45. The molecule has 3 amide bonds. The van der Waals surface area contributed by atoms with Crippen molar-refractivity contribution in [3.63, 3.8) is 0 Å². The maximum Gasteiger partial charge on any atom is 0.646 e. The number of phosphoric acid groups is 1. The maximum absolute atomic E-state index is 14.0. The van der Waals surface area contributed by atoms with Gasteiger partial charge in [-0.1, -0.05) is 132 Å². The average molecular weight is 1420 g/mol. The van der Waals surface area contributed by atoms with E-state index >= 15 is 0 Å². The Morgan fingerprint density at radius 2 is 0.895 bits per heavy atom. The van der Waals surface area contributed by atoms with Gasteiger partial charge in [-0.05, 0) is 91.6 Å². The van der Waals surface area contributed by atoms with Gasteiger partial charge in [0.05, 0.1) is 42.0 Å². The van der Waals surface area contributed by atoms with Crippen LogP contribution in [0.3, 0.4) is 0 Å². The highest BCUT2D eigenvalue weighted by Gasteiger charge is 2.62. The van der Waals surface area contributed by atoms with Crippen molar-refractivity contribution in [3.05, 3.63) is 131 Å². The molecule has 3 saturated heterocycles. The number of rotatable bonds is 26. The van der Waals surface area contributed by atoms with E-state index in [1.165, 1.54) is 42.4 Å². The summed E-state index contributed by atoms with van der Waals surface area (Å²) in [5, 5.41) is 10.8. The first kappa shape index (κ1) is 76.1. The molecule has 0 unspecified atom stereocenters. The SMILES string of the molecule is CC(=O)OCOC(=O)C1=C(OP(=O)(Oc2ccccc2)Oc2ccccc2)[C@H](C)[C@@H]2[C@@H](C(C)C)C(=O)N12.CC(=O)OCOC(=O)CN1C(=O)[C@H](C(C)C)[C@H]1[C@@H](C)C(=O)Sc1ccc(Cl)cc1.CC(=O)OCOC(=O)CN1C(=O)[C@H]([C@@H](C)O)[C@H]1[C@@H](C)C(=O)Sc1ccc(Cl)cc1. The Morgan fingerprint density at radius 1 is 0.516 bits per heavy atom. The number of carbonyl (C=O) groups is 11. The summed E-state index contributed by atoms with van der Waals surface area (Å²) < 4.78 is 59.8. The van der Waals surface area contributed by atoms with Crippen molar-refractivity contribution in [1.82, 2.24) is 14.7 Å². The zero-order valence-corrected chi connectivity index (χ0v) is 57.8. The number of aliphatic hydroxyl groups excluding tert-OH is 1. The topological polar surface area (TPSA) is 318 Å². The lowest BCUT2D eigenvalue weighted by Crippen LogP contribution is -2.68. The number of ether oxygens (including phenoxy) is 6. The minimum absolute atomic E-state index is 0.0122. The van der Waals surface area contributed by atoms with Gasteiger partial charge in [-0.25, -0.2) is 4.79 Å². The molecular weight excluding hydrogens is 1340 g/mol. The van der Waals surface area contributed by atoms with E-state index in [2.05, 4.69) is 9.47 Å². The van der Waals surface area contributed by atoms with Crippen LogP contribution in [0.15, 0.2) is 130 Å². The molecule has 0 bridgehead atoms. The lowest BCUT2D eigenvalue weighted by Gasteiger charge is -2.50. The molecule has 4 aromatic rings. The number of para-hydroxylation sites is 2. The summed E-state index contributed by atoms with van der Waals surface area (Å²) in [5.41, 5.74) is -0.222. The molecule has 4 aliphatic rings. The smallest absolute Gasteiger partial charge is 0.428 e. The van der Waals surface area contributed by atoms with Crippen LogP contribution in [0.4, 0.5) is 0 Å². The number of nitrogens with zero attached hydrogens (tertiary/aromatic N) is 3. The number of esters is 6. The molecule has 4 aliphatic heterocycles. The van der Waals surface area contributed by atoms with Gasteiger partial charge in [0.25, 0.3) is 0 Å². The second-order valence-electron chi connectivity index (χ2n) is 22.8. The van der Waals surface area contributed by atoms with Gasteiger partial charge in [0, 0.05) is 58.4 Å². The fourth-order valence-electron chi connectivity index (χ4n) is 10.8. The van der Waals surface area contributed by atoms with Gasteiger partial charge in [-0.15, -0.1) is 0 Å². The molecule has 4 heterocycles. The second-order valence-corrected chi connectivity index (χ2v) is 27.3. The number of benzene rings is 4. The zero-order valence-electron chi connectivity index (χ0n) is 53.7. The van der Waals surface area contributed by atoms with Crippen LogP contribution in [-0.4, -0.2) is 141 Å². The van der Waals surface area contributed by atoms with Crippen LogP contribution in [0, 0.1) is 47.3 Å². The maximum atomic E-state index is 14.0. The number of carbonyl (C=O) groups excluding carboxylic acids is 11. The summed E-state index contributed by atoms with van der Waals surface area (Å²) in [5.74, 6) is -7.99. The van der Waals surface area contributed by atoms with E-state index in [1.54, 1.807) is 130 Å². The first-order valence-corrected chi connectivity index (χ1v) is 33.7. The summed E-state index contributed by atoms with van der Waals surface area (Å²) in [6, 6.07) is 28.8. The Bertz CT molecular complexity index is 3350. The van der Waals surface area contributed by atoms with Crippen LogP contribution >= 0.6 is 54.5 Å². The molecule has 0 spiro atoms. The lowest BCUT2D eigenvalue weighted by atomic mass is 9.73. The Labute approximate surface area is 567 Å². The standard InChI is InChI=1S/C26H28NO9P.C20H24ClNO6S.C19H22ClNO7S/c1-16(2)21-22-17(3)24(23(27(22)25(21)29)26(30)33-15-32-18(4)28)36-37(31,34-19-11-7-5-8-12-19)35-20-13-9-6-10-14-20;1-11(2)17-18(12(3)20(26)29-15-7-5-14(21)6-8-15)22(19(17)25)9-16(24)28-10-27-13(4)23;1-10(19(26)29-14-6-4-13(20)5-7-14)17-16(11(2)22)18(25)21(17)8-15(24)28-9-27-12(3)23/h5-14,16-17,21-22H,15H2,1-4H3;5-8,11-12,17-18H,9-10H2,1-4H3;4-7,10-11,16-17,22H,8-9H2,1-3H3/t17-,21-,22-;12-,17-,18-;10-,11-,16-,17-/m111/s1. The molecule has 0 saturated carbocycles. The van der Waals surface area contributed by atoms with Crippen molar-refractivity contribution < 1.29 is 104 Å². The lowest BCUT2D eigenvalue weighted by molar-refractivity contribution is -0.180. The largest absolute Gasteiger partial charge is 0.646 e. The van der Waals surface area contributed by atoms with Gasteiger partial charge in [0.1, 0.15) is 30.3 Å². The van der Waals surface area contributed by atoms with Crippen LogP contribution in [0.5, 0.6) is 11.5 Å². The second kappa shape index (κ2) is 34.6. The molecule has 0 aliphatic carbocycles. The van der Waals surface area contributed by atoms with Crippen LogP contribution in [0.1, 0.15) is 76.2 Å². The third kappa shape index (κ3) is 20.3. The fourth-order valence-corrected chi connectivity index (χ4v) is 14.0. The predicted molar refractivity (Wildman–Crippen MR) is 344 cm³/mol. The van der Waals surface area contributed by atoms with Crippen molar-refractivity contribution in [2.24, 2.45) is 47.3 Å². The van der Waals surface area contributed by atoms with Crippen molar-refractivity contribution in [3.8, 4) is 11.5 Å². The number of thioether (sulfide) groups is 2. The van der Waals surface area contributed by atoms with Crippen molar-refractivity contribution in [1.29, 1.82) is 0 Å². The molecule has 95 heavy (non-hydrogen) atoms. The predicted octanol–water partition coefficient (Wildman–Crippen LogP) is 9.69. The molecule has 25 nitrogen and oxygen atoms in total. The van der Waals surface area contributed by atoms with Crippen LogP contribution in [0.2, 0.25) is 10.0 Å². The van der Waals surface area contributed by atoms with E-state index in [1.807, 2.05) is 27.7 Å². The van der Waals surface area contributed by atoms with Gasteiger partial charge in [-0.2, -0.15) is 4.57 Å². The fraction of sp³-hybridized carbons (Fsp3) is 0.431. The number of amides is 3. The minimum Gasteiger partial charge on any atom is -0.428 e. The van der Waals surface area contributed by atoms with E-state index in [9.17, 15) is 62.4 Å². The molecule has 4 aromatic carbocycles. The van der Waals surface area contributed by atoms with Crippen LogP contribution in [0.25, 0.3) is 0 Å². The van der Waals surface area contributed by atoms with Gasteiger partial charge in [0.2, 0.25) is 38.1 Å². The van der Waals surface area contributed by atoms with Crippen LogP contribution in [-0.2, 0) is 90.2 Å². The Morgan fingerprint density at radius 3 is 1.27 bits per heavy atom. The Hall–Kier alpha value is -7.94. The first-order valence-electron chi connectivity index (χ1n) is 29.8. The molecule has 0 aromatic heterocycles. The van der Waals surface area contributed by atoms with Gasteiger partial charge < -0.3 is 56.9 Å². The highest BCUT2D eigenvalue weighted by molar-refractivity contribution is 8.14. The summed E-state index contributed by atoms with van der Waals surface area (Å²) in [7, 11) is -4.45. The van der Waals surface area contributed by atoms with Crippen molar-refractivity contribution in [2.45, 2.75) is 110 Å². The van der Waals surface area contributed by atoms with Gasteiger partial charge in [0.15, 0.2) is 15.9 Å². The monoisotopic (exact) mass is 1410 g/mol. The highest BCUT2D eigenvalue weighted by Crippen LogP contribution is 2.57. The summed E-state index contributed by atoms with van der Waals surface area (Å²) in [4.78, 5) is 138. The summed E-state index contributed by atoms with van der Waals surface area (Å²) in [6.45, 7) is 15.4. The molecule has 0 radical (unpaired) electrons. The van der Waals surface area contributed by atoms with Gasteiger partial charge >= 0.3 is 43.6 Å². The molecule has 30 heteroatoms. The van der Waals surface area contributed by atoms with E-state index < -0.39 is 124 Å². The number of likely N-dealkylation sites (tertiary alicyclic amines) is 2. The van der Waals surface area contributed by atoms with E-state index in [-0.39, 0.29) is 75.2 Å². The van der Waals surface area contributed by atoms with E-state index in [0.717, 1.165) is 28.4 Å². The molecule has 3 fully saturated rings. The third-order valence-electron chi connectivity index (χ3n) is 15.3. The number of β-lactam (4-membered cyclic amide) rings is 3. The summed E-state index contributed by atoms with van der Waals surface area (Å²) >= 11 is 13.8. The normalized spacial score (nSPS) is 20.3. The zero-order chi connectivity index (χ0) is 70.2. The molecule has 8 rings (SSSR count). The van der Waals surface area contributed by atoms with E-state index in [4.69, 9.17) is 55.7 Å². The Kier molecular flexibility index (Phi) is 27.7.